The minimum Gasteiger partial charge on any atom is -0.478 e. The maximum absolute atomic E-state index is 11.8. The number of carboxylic acid groups (broad SMARTS) is 1. The van der Waals surface area contributed by atoms with Crippen molar-refractivity contribution in [3.05, 3.63) is 52.8 Å². The second-order valence-electron chi connectivity index (χ2n) is 4.91. The number of benzene rings is 1. The molecule has 124 valence electrons. The number of nitrogens with one attached hydrogen (secondary N) is 1. The van der Waals surface area contributed by atoms with Gasteiger partial charge < -0.3 is 5.11 Å². The van der Waals surface area contributed by atoms with E-state index in [2.05, 4.69) is 20.5 Å². The highest BCUT2D eigenvalue weighted by molar-refractivity contribution is 7.99. The zero-order chi connectivity index (χ0) is 17.5. The summed E-state index contributed by atoms with van der Waals surface area (Å²) >= 11 is 1.21. The predicted octanol–water partition coefficient (Wildman–Crippen LogP) is 2.03. The molecule has 0 atom stereocenters. The fraction of sp³-hybridized carbons (Fsp3) is 0.188. The second kappa shape index (κ2) is 8.21. The van der Waals surface area contributed by atoms with Gasteiger partial charge in [0.05, 0.1) is 17.5 Å². The topological polar surface area (TPSA) is 105 Å². The summed E-state index contributed by atoms with van der Waals surface area (Å²) in [5.41, 5.74) is 4.57. The molecule has 0 aliphatic carbocycles. The van der Waals surface area contributed by atoms with Gasteiger partial charge in [-0.1, -0.05) is 30.0 Å². The van der Waals surface area contributed by atoms with Crippen LogP contribution in [0.4, 0.5) is 0 Å². The lowest BCUT2D eigenvalue weighted by Crippen LogP contribution is -2.20. The van der Waals surface area contributed by atoms with Crippen LogP contribution < -0.4 is 5.43 Å². The standard InChI is InChI=1S/C16H16N4O3S/c1-10-7-11(2)19-16(18-10)24-9-14(21)20-17-8-12-5-3-4-6-13(12)15(22)23/h3-8H,9H2,1-2H3,(H,20,21)(H,22,23)/b17-8-. The molecule has 0 fully saturated rings. The Morgan fingerprint density at radius 3 is 2.58 bits per heavy atom. The quantitative estimate of drug-likeness (QED) is 0.360. The van der Waals surface area contributed by atoms with Gasteiger partial charge in [-0.25, -0.2) is 20.2 Å². The number of aromatic carboxylic acids is 1. The first-order valence-corrected chi connectivity index (χ1v) is 8.03. The number of amides is 1. The average molecular weight is 344 g/mol. The number of nitrogens with zero attached hydrogens (tertiary/aromatic N) is 3. The van der Waals surface area contributed by atoms with Gasteiger partial charge in [-0.2, -0.15) is 5.10 Å². The van der Waals surface area contributed by atoms with Crippen molar-refractivity contribution in [2.24, 2.45) is 5.10 Å². The van der Waals surface area contributed by atoms with Gasteiger partial charge in [0.15, 0.2) is 5.16 Å². The van der Waals surface area contributed by atoms with Crippen molar-refractivity contribution in [2.75, 3.05) is 5.75 Å². The van der Waals surface area contributed by atoms with Crippen LogP contribution in [0.3, 0.4) is 0 Å². The number of carbonyl (C=O) groups is 2. The summed E-state index contributed by atoms with van der Waals surface area (Å²) in [5.74, 6) is -1.27. The molecular formula is C16H16N4O3S. The molecule has 2 rings (SSSR count). The lowest BCUT2D eigenvalue weighted by Gasteiger charge is -2.03. The first-order chi connectivity index (χ1) is 11.5. The molecule has 0 radical (unpaired) electrons. The monoisotopic (exact) mass is 344 g/mol. The summed E-state index contributed by atoms with van der Waals surface area (Å²) in [6.07, 6.45) is 1.30. The van der Waals surface area contributed by atoms with E-state index >= 15 is 0 Å². The number of hydrogen-bond acceptors (Lipinski definition) is 6. The van der Waals surface area contributed by atoms with Crippen LogP contribution in [-0.4, -0.2) is 38.9 Å². The average Bonchev–Trinajstić information content (AvgIpc) is 2.52. The summed E-state index contributed by atoms with van der Waals surface area (Å²) in [6, 6.07) is 8.26. The van der Waals surface area contributed by atoms with Gasteiger partial charge in [0.1, 0.15) is 0 Å². The van der Waals surface area contributed by atoms with Gasteiger partial charge in [-0.05, 0) is 26.0 Å². The van der Waals surface area contributed by atoms with Crippen LogP contribution in [-0.2, 0) is 4.79 Å². The van der Waals surface area contributed by atoms with Gasteiger partial charge in [0.25, 0.3) is 5.91 Å². The van der Waals surface area contributed by atoms with E-state index in [1.807, 2.05) is 19.9 Å². The van der Waals surface area contributed by atoms with E-state index in [9.17, 15) is 9.59 Å². The Balaban J connectivity index is 1.90. The normalized spacial score (nSPS) is 10.8. The van der Waals surface area contributed by atoms with Crippen LogP contribution in [0.25, 0.3) is 0 Å². The van der Waals surface area contributed by atoms with E-state index in [1.54, 1.807) is 18.2 Å². The molecule has 0 unspecified atom stereocenters. The van der Waals surface area contributed by atoms with Gasteiger partial charge in [-0.15, -0.1) is 0 Å². The maximum Gasteiger partial charge on any atom is 0.336 e. The van der Waals surface area contributed by atoms with E-state index in [1.165, 1.54) is 24.0 Å². The van der Waals surface area contributed by atoms with Crippen molar-refractivity contribution < 1.29 is 14.7 Å². The molecule has 1 amide bonds. The molecule has 0 aliphatic heterocycles. The van der Waals surface area contributed by atoms with E-state index in [0.717, 1.165) is 11.4 Å². The fourth-order valence-corrected chi connectivity index (χ4v) is 2.64. The summed E-state index contributed by atoms with van der Waals surface area (Å²) < 4.78 is 0. The van der Waals surface area contributed by atoms with Crippen LogP contribution in [0.15, 0.2) is 40.6 Å². The number of aromatic nitrogens is 2. The number of carbonyl (C=O) groups excluding carboxylic acids is 1. The Bertz CT molecular complexity index is 772. The Hall–Kier alpha value is -2.74. The lowest BCUT2D eigenvalue weighted by atomic mass is 10.1. The number of aryl methyl sites for hydroxylation is 2. The largest absolute Gasteiger partial charge is 0.478 e. The molecule has 0 aliphatic rings. The Morgan fingerprint density at radius 2 is 1.92 bits per heavy atom. The van der Waals surface area contributed by atoms with E-state index in [-0.39, 0.29) is 17.2 Å². The summed E-state index contributed by atoms with van der Waals surface area (Å²) in [6.45, 7) is 3.73. The molecule has 0 saturated carbocycles. The van der Waals surface area contributed by atoms with E-state index < -0.39 is 5.97 Å². The van der Waals surface area contributed by atoms with Crippen molar-refractivity contribution in [1.29, 1.82) is 0 Å². The summed E-state index contributed by atoms with van der Waals surface area (Å²) in [7, 11) is 0. The molecule has 2 N–H and O–H groups in total. The van der Waals surface area contributed by atoms with Crippen LogP contribution in [0.5, 0.6) is 0 Å². The minimum absolute atomic E-state index is 0.112. The molecule has 1 aromatic carbocycles. The summed E-state index contributed by atoms with van der Waals surface area (Å²) in [4.78, 5) is 31.3. The highest BCUT2D eigenvalue weighted by atomic mass is 32.2. The zero-order valence-corrected chi connectivity index (χ0v) is 14.0. The third-order valence-corrected chi connectivity index (χ3v) is 3.73. The molecule has 0 bridgehead atoms. The molecule has 0 saturated heterocycles. The van der Waals surface area contributed by atoms with E-state index in [4.69, 9.17) is 5.11 Å². The van der Waals surface area contributed by atoms with Gasteiger partial charge in [-0.3, -0.25) is 4.79 Å². The zero-order valence-electron chi connectivity index (χ0n) is 13.2. The van der Waals surface area contributed by atoms with Crippen molar-refractivity contribution >= 4 is 29.9 Å². The number of carboxylic acids is 1. The van der Waals surface area contributed by atoms with Crippen molar-refractivity contribution in [1.82, 2.24) is 15.4 Å². The van der Waals surface area contributed by atoms with Crippen molar-refractivity contribution in [3.8, 4) is 0 Å². The third kappa shape index (κ3) is 5.17. The van der Waals surface area contributed by atoms with Crippen LogP contribution in [0.2, 0.25) is 0 Å². The lowest BCUT2D eigenvalue weighted by molar-refractivity contribution is -0.118. The second-order valence-corrected chi connectivity index (χ2v) is 5.85. The first-order valence-electron chi connectivity index (χ1n) is 7.05. The number of hydrazone groups is 1. The van der Waals surface area contributed by atoms with Crippen LogP contribution >= 0.6 is 11.8 Å². The van der Waals surface area contributed by atoms with Crippen LogP contribution in [0.1, 0.15) is 27.3 Å². The Labute approximate surface area is 143 Å². The van der Waals surface area contributed by atoms with Crippen molar-refractivity contribution in [2.45, 2.75) is 19.0 Å². The highest BCUT2D eigenvalue weighted by Crippen LogP contribution is 2.13. The maximum atomic E-state index is 11.8. The number of rotatable bonds is 6. The predicted molar refractivity (Wildman–Crippen MR) is 91.4 cm³/mol. The van der Waals surface area contributed by atoms with Gasteiger partial charge in [0, 0.05) is 17.0 Å². The fourth-order valence-electron chi connectivity index (χ4n) is 1.90. The molecular weight excluding hydrogens is 328 g/mol. The third-order valence-electron chi connectivity index (χ3n) is 2.88. The Morgan fingerprint density at radius 1 is 1.25 bits per heavy atom. The summed E-state index contributed by atoms with van der Waals surface area (Å²) in [5, 5.41) is 13.4. The smallest absolute Gasteiger partial charge is 0.336 e. The molecule has 8 heteroatoms. The van der Waals surface area contributed by atoms with Gasteiger partial charge in [0.2, 0.25) is 0 Å². The van der Waals surface area contributed by atoms with Crippen LogP contribution in [0, 0.1) is 13.8 Å². The molecule has 7 nitrogen and oxygen atoms in total. The molecule has 24 heavy (non-hydrogen) atoms. The molecule has 0 spiro atoms. The molecule has 1 heterocycles. The van der Waals surface area contributed by atoms with E-state index in [0.29, 0.717) is 10.7 Å². The SMILES string of the molecule is Cc1cc(C)nc(SCC(=O)N/N=C\c2ccccc2C(=O)O)n1. The van der Waals surface area contributed by atoms with Crippen molar-refractivity contribution in [3.63, 3.8) is 0 Å². The Kier molecular flexibility index (Phi) is 6.02. The van der Waals surface area contributed by atoms with Gasteiger partial charge >= 0.3 is 5.97 Å². The molecule has 1 aromatic heterocycles. The number of thioether (sulfide) groups is 1. The molecule has 2 aromatic rings. The minimum atomic E-state index is -1.05. The number of hydrogen-bond donors (Lipinski definition) is 2. The first kappa shape index (κ1) is 17.6. The highest BCUT2D eigenvalue weighted by Gasteiger charge is 2.08.